The molecule has 17 heavy (non-hydrogen) atoms. The molecule has 0 unspecified atom stereocenters. The number of carbonyl (C=O) groups is 1. The molecule has 2 aliphatic rings. The predicted molar refractivity (Wildman–Crippen MR) is 60.9 cm³/mol. The van der Waals surface area contributed by atoms with Crippen LogP contribution in [0.15, 0.2) is 0 Å². The van der Waals surface area contributed by atoms with E-state index in [-0.39, 0.29) is 11.8 Å². The van der Waals surface area contributed by atoms with Gasteiger partial charge in [0, 0.05) is 25.6 Å². The van der Waals surface area contributed by atoms with Crippen LogP contribution >= 0.6 is 0 Å². The maximum atomic E-state index is 12.5. The Bertz CT molecular complexity index is 259. The summed E-state index contributed by atoms with van der Waals surface area (Å²) in [6.07, 6.45) is 0.626. The molecule has 1 atom stereocenters. The summed E-state index contributed by atoms with van der Waals surface area (Å²) in [6.45, 7) is 2.74. The van der Waals surface area contributed by atoms with Crippen LogP contribution < -0.4 is 5.32 Å². The van der Waals surface area contributed by atoms with Gasteiger partial charge in [-0.05, 0) is 32.2 Å². The Morgan fingerprint density at radius 1 is 1.24 bits per heavy atom. The summed E-state index contributed by atoms with van der Waals surface area (Å²) < 4.78 is 25.0. The number of rotatable bonds is 2. The highest BCUT2D eigenvalue weighted by atomic mass is 19.3. The average molecular weight is 246 g/mol. The average Bonchev–Trinajstić information content (AvgIpc) is 2.39. The molecule has 0 aromatic carbocycles. The molecule has 1 N–H and O–H groups in total. The monoisotopic (exact) mass is 246 g/mol. The Morgan fingerprint density at radius 3 is 2.47 bits per heavy atom. The maximum absolute atomic E-state index is 12.5. The van der Waals surface area contributed by atoms with Crippen LogP contribution in [-0.2, 0) is 4.79 Å². The second kappa shape index (κ2) is 5.76. The number of halogens is 2. The minimum atomic E-state index is -2.23. The summed E-state index contributed by atoms with van der Waals surface area (Å²) in [6, 6.07) is 0. The Morgan fingerprint density at radius 2 is 1.94 bits per heavy atom. The molecule has 2 rings (SSSR count). The van der Waals surface area contributed by atoms with Crippen molar-refractivity contribution >= 4 is 5.91 Å². The molecule has 0 aromatic heterocycles. The van der Waals surface area contributed by atoms with Crippen molar-refractivity contribution in [3.8, 4) is 0 Å². The summed E-state index contributed by atoms with van der Waals surface area (Å²) in [5.74, 6) is -0.291. The highest BCUT2D eigenvalue weighted by Crippen LogP contribution is 2.25. The number of nitrogens with one attached hydrogen (secondary N) is 1. The minimum Gasteiger partial charge on any atom is -0.342 e. The zero-order valence-electron chi connectivity index (χ0n) is 10.0. The van der Waals surface area contributed by atoms with Gasteiger partial charge in [-0.25, -0.2) is 8.78 Å². The molecule has 2 heterocycles. The third-order valence-electron chi connectivity index (χ3n) is 3.85. The van der Waals surface area contributed by atoms with Crippen molar-refractivity contribution < 1.29 is 13.6 Å². The number of nitrogens with zero attached hydrogens (tertiary/aromatic N) is 1. The molecule has 0 aromatic rings. The first-order valence-electron chi connectivity index (χ1n) is 6.46. The lowest BCUT2D eigenvalue weighted by atomic mass is 9.94. The van der Waals surface area contributed by atoms with E-state index in [2.05, 4.69) is 5.32 Å². The van der Waals surface area contributed by atoms with Crippen molar-refractivity contribution in [3.63, 3.8) is 0 Å². The lowest BCUT2D eigenvalue weighted by molar-refractivity contribution is -0.138. The molecule has 0 saturated carbocycles. The molecule has 0 radical (unpaired) electrons. The van der Waals surface area contributed by atoms with Crippen LogP contribution in [0, 0.1) is 11.8 Å². The number of hydrogen-bond donors (Lipinski definition) is 1. The smallest absolute Gasteiger partial charge is 0.241 e. The lowest BCUT2D eigenvalue weighted by Crippen LogP contribution is -2.46. The molecule has 5 heteroatoms. The van der Waals surface area contributed by atoms with Crippen molar-refractivity contribution in [1.82, 2.24) is 10.2 Å². The van der Waals surface area contributed by atoms with Gasteiger partial charge in [-0.2, -0.15) is 0 Å². The Kier molecular flexibility index (Phi) is 4.31. The molecule has 2 saturated heterocycles. The van der Waals surface area contributed by atoms with Gasteiger partial charge in [-0.15, -0.1) is 0 Å². The summed E-state index contributed by atoms with van der Waals surface area (Å²) >= 11 is 0. The normalized spacial score (nSPS) is 27.5. The van der Waals surface area contributed by atoms with Gasteiger partial charge in [-0.1, -0.05) is 0 Å². The van der Waals surface area contributed by atoms with Crippen LogP contribution in [0.2, 0.25) is 0 Å². The highest BCUT2D eigenvalue weighted by Gasteiger charge is 2.31. The number of piperidine rings is 2. The number of carbonyl (C=O) groups excluding carboxylic acids is 1. The zero-order chi connectivity index (χ0) is 12.3. The largest absolute Gasteiger partial charge is 0.342 e. The number of alkyl halides is 2. The van der Waals surface area contributed by atoms with E-state index >= 15 is 0 Å². The zero-order valence-corrected chi connectivity index (χ0v) is 10.0. The van der Waals surface area contributed by atoms with Gasteiger partial charge in [0.15, 0.2) is 0 Å². The number of amides is 1. The van der Waals surface area contributed by atoms with Gasteiger partial charge in [0.25, 0.3) is 0 Å². The molecule has 0 spiro atoms. The van der Waals surface area contributed by atoms with Gasteiger partial charge in [0.1, 0.15) is 0 Å². The molecule has 2 aliphatic heterocycles. The van der Waals surface area contributed by atoms with Crippen molar-refractivity contribution in [2.75, 3.05) is 26.2 Å². The van der Waals surface area contributed by atoms with Gasteiger partial charge in [-0.3, -0.25) is 4.79 Å². The third kappa shape index (κ3) is 3.15. The SMILES string of the molecule is O=C([C@@H]1CCCNC1)N1CCC(C(F)F)CC1. The summed E-state index contributed by atoms with van der Waals surface area (Å²) in [7, 11) is 0. The minimum absolute atomic E-state index is 0.0619. The second-order valence-corrected chi connectivity index (χ2v) is 5.04. The van der Waals surface area contributed by atoms with Crippen molar-refractivity contribution in [2.24, 2.45) is 11.8 Å². The van der Waals surface area contributed by atoms with Crippen molar-refractivity contribution in [3.05, 3.63) is 0 Å². The van der Waals surface area contributed by atoms with E-state index in [9.17, 15) is 13.6 Å². The third-order valence-corrected chi connectivity index (χ3v) is 3.85. The molecule has 0 bridgehead atoms. The Hall–Kier alpha value is -0.710. The molecule has 1 amide bonds. The summed E-state index contributed by atoms with van der Waals surface area (Å²) in [5.41, 5.74) is 0. The lowest BCUT2D eigenvalue weighted by Gasteiger charge is -2.35. The fraction of sp³-hybridized carbons (Fsp3) is 0.917. The summed E-state index contributed by atoms with van der Waals surface area (Å²) in [4.78, 5) is 13.9. The van der Waals surface area contributed by atoms with E-state index in [4.69, 9.17) is 0 Å². The van der Waals surface area contributed by atoms with E-state index in [1.807, 2.05) is 0 Å². The van der Waals surface area contributed by atoms with E-state index in [0.29, 0.717) is 25.9 Å². The van der Waals surface area contributed by atoms with Crippen LogP contribution in [0.5, 0.6) is 0 Å². The molecular formula is C12H20F2N2O. The van der Waals surface area contributed by atoms with Crippen LogP contribution in [-0.4, -0.2) is 43.4 Å². The van der Waals surface area contributed by atoms with Crippen LogP contribution in [0.1, 0.15) is 25.7 Å². The van der Waals surface area contributed by atoms with E-state index in [0.717, 1.165) is 25.9 Å². The predicted octanol–water partition coefficient (Wildman–Crippen LogP) is 1.49. The Labute approximate surface area is 101 Å². The van der Waals surface area contributed by atoms with Gasteiger partial charge >= 0.3 is 0 Å². The van der Waals surface area contributed by atoms with Gasteiger partial charge in [0.05, 0.1) is 5.92 Å². The number of likely N-dealkylation sites (tertiary alicyclic amines) is 1. The molecular weight excluding hydrogens is 226 g/mol. The van der Waals surface area contributed by atoms with E-state index in [1.54, 1.807) is 4.90 Å². The Balaban J connectivity index is 1.81. The van der Waals surface area contributed by atoms with Crippen LogP contribution in [0.25, 0.3) is 0 Å². The molecule has 98 valence electrons. The van der Waals surface area contributed by atoms with Crippen LogP contribution in [0.3, 0.4) is 0 Å². The van der Waals surface area contributed by atoms with E-state index < -0.39 is 12.3 Å². The molecule has 2 fully saturated rings. The maximum Gasteiger partial charge on any atom is 0.241 e. The number of hydrogen-bond acceptors (Lipinski definition) is 2. The van der Waals surface area contributed by atoms with Crippen molar-refractivity contribution in [2.45, 2.75) is 32.1 Å². The standard InChI is InChI=1S/C12H20F2N2O/c13-11(14)9-3-6-16(7-4-9)12(17)10-2-1-5-15-8-10/h9-11,15H,1-8H2/t10-/m1/s1. The van der Waals surface area contributed by atoms with Crippen LogP contribution in [0.4, 0.5) is 8.78 Å². The highest BCUT2D eigenvalue weighted by molar-refractivity contribution is 5.79. The topological polar surface area (TPSA) is 32.3 Å². The quantitative estimate of drug-likeness (QED) is 0.800. The molecule has 0 aliphatic carbocycles. The fourth-order valence-electron chi connectivity index (χ4n) is 2.69. The van der Waals surface area contributed by atoms with Gasteiger partial charge in [0.2, 0.25) is 12.3 Å². The van der Waals surface area contributed by atoms with Gasteiger partial charge < -0.3 is 10.2 Å². The van der Waals surface area contributed by atoms with Crippen molar-refractivity contribution in [1.29, 1.82) is 0 Å². The first kappa shape index (κ1) is 12.7. The molecule has 3 nitrogen and oxygen atoms in total. The first-order valence-corrected chi connectivity index (χ1v) is 6.46. The second-order valence-electron chi connectivity index (χ2n) is 5.04. The first-order chi connectivity index (χ1) is 8.18. The summed E-state index contributed by atoms with van der Waals surface area (Å²) in [5, 5.41) is 3.21. The fourth-order valence-corrected chi connectivity index (χ4v) is 2.69. The van der Waals surface area contributed by atoms with E-state index in [1.165, 1.54) is 0 Å².